The number of carbonyl (C=O) groups is 2. The quantitative estimate of drug-likeness (QED) is 0.636. The lowest BCUT2D eigenvalue weighted by Crippen LogP contribution is -2.58. The summed E-state index contributed by atoms with van der Waals surface area (Å²) in [6.07, 6.45) is 0.730. The van der Waals surface area contributed by atoms with Gasteiger partial charge in [-0.3, -0.25) is 14.9 Å². The molecule has 0 spiro atoms. The maximum Gasteiger partial charge on any atom is 0.238 e. The highest BCUT2D eigenvalue weighted by molar-refractivity contribution is 7.07. The molecule has 1 aliphatic heterocycles. The average Bonchev–Trinajstić information content (AvgIpc) is 2.83. The number of hydrogen-bond donors (Lipinski definition) is 3. The molecule has 1 unspecified atom stereocenters. The summed E-state index contributed by atoms with van der Waals surface area (Å²) < 4.78 is 0. The molecule has 0 radical (unpaired) electrons. The van der Waals surface area contributed by atoms with Crippen LogP contribution in [0.15, 0.2) is 10.9 Å². The average molecular weight is 254 g/mol. The van der Waals surface area contributed by atoms with Crippen molar-refractivity contribution in [2.24, 2.45) is 0 Å². The molecule has 0 aliphatic carbocycles. The molecule has 0 saturated carbocycles. The number of thiazole rings is 1. The molecule has 1 saturated heterocycles. The van der Waals surface area contributed by atoms with Crippen molar-refractivity contribution >= 4 is 23.2 Å². The lowest BCUT2D eigenvalue weighted by atomic mass is 10.2. The van der Waals surface area contributed by atoms with Crippen molar-refractivity contribution in [3.63, 3.8) is 0 Å². The molecule has 0 bridgehead atoms. The Morgan fingerprint density at radius 3 is 3.18 bits per heavy atom. The largest absolute Gasteiger partial charge is 0.354 e. The normalized spacial score (nSPS) is 19.8. The second-order valence-electron chi connectivity index (χ2n) is 3.76. The minimum Gasteiger partial charge on any atom is -0.354 e. The van der Waals surface area contributed by atoms with Gasteiger partial charge in [0.2, 0.25) is 11.8 Å². The van der Waals surface area contributed by atoms with E-state index in [1.165, 1.54) is 0 Å². The summed E-state index contributed by atoms with van der Waals surface area (Å²) in [5, 5.41) is 10.3. The van der Waals surface area contributed by atoms with Crippen LogP contribution in [0.4, 0.5) is 0 Å². The van der Waals surface area contributed by atoms with Crippen LogP contribution in [0, 0.1) is 0 Å². The lowest BCUT2D eigenvalue weighted by Gasteiger charge is -2.23. The summed E-state index contributed by atoms with van der Waals surface area (Å²) >= 11 is 1.54. The molecule has 7 heteroatoms. The van der Waals surface area contributed by atoms with Crippen LogP contribution in [-0.2, 0) is 16.0 Å². The van der Waals surface area contributed by atoms with Crippen molar-refractivity contribution in [1.82, 2.24) is 20.9 Å². The Balaban J connectivity index is 1.68. The van der Waals surface area contributed by atoms with Gasteiger partial charge in [0, 0.05) is 24.9 Å². The van der Waals surface area contributed by atoms with Crippen molar-refractivity contribution < 1.29 is 9.59 Å². The molecule has 1 atom stereocenters. The van der Waals surface area contributed by atoms with Crippen LogP contribution >= 0.6 is 11.3 Å². The van der Waals surface area contributed by atoms with Crippen molar-refractivity contribution in [3.8, 4) is 0 Å². The Bertz CT molecular complexity index is 383. The molecule has 92 valence electrons. The fourth-order valence-corrected chi connectivity index (χ4v) is 2.14. The van der Waals surface area contributed by atoms with Gasteiger partial charge in [0.1, 0.15) is 6.04 Å². The fraction of sp³-hybridized carbons (Fsp3) is 0.500. The smallest absolute Gasteiger partial charge is 0.238 e. The molecule has 1 fully saturated rings. The van der Waals surface area contributed by atoms with Crippen LogP contribution < -0.4 is 16.0 Å². The van der Waals surface area contributed by atoms with E-state index in [0.717, 1.165) is 12.1 Å². The number of aromatic nitrogens is 1. The molecule has 1 aliphatic rings. The molecule has 1 aromatic heterocycles. The van der Waals surface area contributed by atoms with Gasteiger partial charge >= 0.3 is 0 Å². The topological polar surface area (TPSA) is 83.1 Å². The van der Waals surface area contributed by atoms with E-state index >= 15 is 0 Å². The number of piperazine rings is 1. The van der Waals surface area contributed by atoms with E-state index in [9.17, 15) is 9.59 Å². The predicted molar refractivity (Wildman–Crippen MR) is 63.6 cm³/mol. The zero-order valence-corrected chi connectivity index (χ0v) is 10.0. The van der Waals surface area contributed by atoms with Gasteiger partial charge in [-0.15, -0.1) is 11.3 Å². The molecule has 2 rings (SSSR count). The first-order valence-electron chi connectivity index (χ1n) is 5.40. The minimum absolute atomic E-state index is 0.0727. The van der Waals surface area contributed by atoms with Crippen molar-refractivity contribution in [2.75, 3.05) is 19.6 Å². The summed E-state index contributed by atoms with van der Waals surface area (Å²) in [6.45, 7) is 1.11. The molecular weight excluding hydrogens is 240 g/mol. The van der Waals surface area contributed by atoms with E-state index in [-0.39, 0.29) is 24.4 Å². The molecular formula is C10H14N4O2S. The van der Waals surface area contributed by atoms with E-state index < -0.39 is 0 Å². The van der Waals surface area contributed by atoms with Gasteiger partial charge in [-0.2, -0.15) is 0 Å². The molecule has 17 heavy (non-hydrogen) atoms. The fourth-order valence-electron chi connectivity index (χ4n) is 1.55. The van der Waals surface area contributed by atoms with Gasteiger partial charge < -0.3 is 10.6 Å². The zero-order valence-electron chi connectivity index (χ0n) is 9.23. The third-order valence-electron chi connectivity index (χ3n) is 2.49. The molecule has 0 aromatic carbocycles. The van der Waals surface area contributed by atoms with Gasteiger partial charge in [-0.25, -0.2) is 4.98 Å². The number of nitrogens with one attached hydrogen (secondary N) is 3. The molecule has 2 heterocycles. The molecule has 3 N–H and O–H groups in total. The maximum atomic E-state index is 11.7. The number of hydrogen-bond acceptors (Lipinski definition) is 5. The van der Waals surface area contributed by atoms with Crippen LogP contribution in [0.3, 0.4) is 0 Å². The van der Waals surface area contributed by atoms with Gasteiger partial charge in [0.25, 0.3) is 0 Å². The van der Waals surface area contributed by atoms with Crippen molar-refractivity contribution in [3.05, 3.63) is 16.6 Å². The van der Waals surface area contributed by atoms with E-state index in [1.54, 1.807) is 16.8 Å². The third kappa shape index (κ3) is 3.50. The second-order valence-corrected chi connectivity index (χ2v) is 4.48. The summed E-state index contributed by atoms with van der Waals surface area (Å²) in [7, 11) is 0. The number of nitrogens with zero attached hydrogens (tertiary/aromatic N) is 1. The summed E-state index contributed by atoms with van der Waals surface area (Å²) in [4.78, 5) is 26.7. The first kappa shape index (κ1) is 12.0. The standard InChI is InChI=1S/C10H14N4O2S/c15-9-4-12-8(3-13-9)10(16)11-2-1-7-5-17-6-14-7/h5-6,8,12H,1-4H2,(H,11,16)(H,13,15). The summed E-state index contributed by atoms with van der Waals surface area (Å²) in [5.41, 5.74) is 2.76. The van der Waals surface area contributed by atoms with Gasteiger partial charge in [0.05, 0.1) is 17.7 Å². The maximum absolute atomic E-state index is 11.7. The van der Waals surface area contributed by atoms with E-state index in [4.69, 9.17) is 0 Å². The lowest BCUT2D eigenvalue weighted by molar-refractivity contribution is -0.126. The van der Waals surface area contributed by atoms with E-state index in [0.29, 0.717) is 13.1 Å². The first-order chi connectivity index (χ1) is 8.25. The zero-order chi connectivity index (χ0) is 12.1. The third-order valence-corrected chi connectivity index (χ3v) is 3.13. The van der Waals surface area contributed by atoms with Crippen LogP contribution in [0.2, 0.25) is 0 Å². The van der Waals surface area contributed by atoms with E-state index in [2.05, 4.69) is 20.9 Å². The summed E-state index contributed by atoms with van der Waals surface area (Å²) in [6, 6.07) is -0.330. The molecule has 2 amide bonds. The number of carbonyl (C=O) groups excluding carboxylic acids is 2. The highest BCUT2D eigenvalue weighted by Crippen LogP contribution is 2.00. The van der Waals surface area contributed by atoms with Gasteiger partial charge in [0.15, 0.2) is 0 Å². The monoisotopic (exact) mass is 254 g/mol. The predicted octanol–water partition coefficient (Wildman–Crippen LogP) is -1.11. The molecule has 1 aromatic rings. The second kappa shape index (κ2) is 5.74. The summed E-state index contributed by atoms with van der Waals surface area (Å²) in [5.74, 6) is -0.156. The minimum atomic E-state index is -0.330. The van der Waals surface area contributed by atoms with E-state index in [1.807, 2.05) is 5.38 Å². The van der Waals surface area contributed by atoms with Crippen LogP contribution in [0.5, 0.6) is 0 Å². The Morgan fingerprint density at radius 2 is 2.53 bits per heavy atom. The highest BCUT2D eigenvalue weighted by atomic mass is 32.1. The van der Waals surface area contributed by atoms with Crippen molar-refractivity contribution in [1.29, 1.82) is 0 Å². The van der Waals surface area contributed by atoms with Gasteiger partial charge in [-0.05, 0) is 0 Å². The van der Waals surface area contributed by atoms with Crippen LogP contribution in [0.1, 0.15) is 5.69 Å². The molecule has 6 nitrogen and oxygen atoms in total. The Hall–Kier alpha value is -1.47. The number of rotatable bonds is 4. The highest BCUT2D eigenvalue weighted by Gasteiger charge is 2.23. The Morgan fingerprint density at radius 1 is 1.65 bits per heavy atom. The van der Waals surface area contributed by atoms with Gasteiger partial charge in [-0.1, -0.05) is 0 Å². The Kier molecular flexibility index (Phi) is 4.05. The first-order valence-corrected chi connectivity index (χ1v) is 6.35. The van der Waals surface area contributed by atoms with Crippen LogP contribution in [0.25, 0.3) is 0 Å². The SMILES string of the molecule is O=C1CNC(C(=O)NCCc2cscn2)CN1. The van der Waals surface area contributed by atoms with Crippen molar-refractivity contribution in [2.45, 2.75) is 12.5 Å². The Labute approximate surface area is 103 Å². The number of amides is 2. The van der Waals surface area contributed by atoms with Crippen LogP contribution in [-0.4, -0.2) is 42.5 Å².